The lowest BCUT2D eigenvalue weighted by molar-refractivity contribution is -0.123. The maximum atomic E-state index is 13.2. The number of hydrogen-bond donors (Lipinski definition) is 0. The van der Waals surface area contributed by atoms with E-state index in [1.54, 1.807) is 6.26 Å². The van der Waals surface area contributed by atoms with E-state index < -0.39 is 9.73 Å². The van der Waals surface area contributed by atoms with Crippen LogP contribution in [0, 0.1) is 18.8 Å². The van der Waals surface area contributed by atoms with E-state index in [0.29, 0.717) is 43.3 Å². The minimum Gasteiger partial charge on any atom is -0.339 e. The van der Waals surface area contributed by atoms with Crippen molar-refractivity contribution in [3.63, 3.8) is 0 Å². The number of hydrogen-bond acceptors (Lipinski definition) is 4. The summed E-state index contributed by atoms with van der Waals surface area (Å²) in [5.74, 6) is 0.511. The number of aromatic nitrogens is 1. The van der Waals surface area contributed by atoms with Crippen LogP contribution < -0.4 is 0 Å². The Hall–Kier alpha value is -1.76. The van der Waals surface area contributed by atoms with Crippen molar-refractivity contribution in [3.8, 4) is 0 Å². The summed E-state index contributed by atoms with van der Waals surface area (Å²) in [6, 6.07) is 3.81. The molecule has 3 fully saturated rings. The van der Waals surface area contributed by atoms with Crippen LogP contribution in [-0.4, -0.2) is 50.5 Å². The van der Waals surface area contributed by atoms with Crippen LogP contribution in [0.2, 0.25) is 0 Å². The summed E-state index contributed by atoms with van der Waals surface area (Å²) in [5, 5.41) is -0.141. The van der Waals surface area contributed by atoms with Gasteiger partial charge in [0.25, 0.3) is 11.8 Å². The molecular formula is C23H33N3O3S. The number of piperidine rings is 1. The highest BCUT2D eigenvalue weighted by atomic mass is 32.2. The molecular weight excluding hydrogens is 398 g/mol. The highest BCUT2D eigenvalue weighted by Crippen LogP contribution is 2.41. The van der Waals surface area contributed by atoms with Crippen LogP contribution in [0.4, 0.5) is 0 Å². The molecule has 1 aromatic heterocycles. The van der Waals surface area contributed by atoms with Crippen LogP contribution in [0.3, 0.4) is 0 Å². The molecule has 1 aliphatic heterocycles. The predicted molar refractivity (Wildman–Crippen MR) is 118 cm³/mol. The first-order valence-electron chi connectivity index (χ1n) is 11.3. The highest BCUT2D eigenvalue weighted by molar-refractivity contribution is 7.93. The third-order valence-corrected chi connectivity index (χ3v) is 9.37. The van der Waals surface area contributed by atoms with Gasteiger partial charge in [-0.3, -0.25) is 14.6 Å². The number of nitrogens with zero attached hydrogens (tertiary/aromatic N) is 3. The average Bonchev–Trinajstić information content (AvgIpc) is 3.51. The molecule has 0 bridgehead atoms. The molecule has 6 nitrogen and oxygen atoms in total. The Morgan fingerprint density at radius 2 is 1.80 bits per heavy atom. The molecule has 0 radical (unpaired) electrons. The summed E-state index contributed by atoms with van der Waals surface area (Å²) < 4.78 is 17.4. The first-order valence-corrected chi connectivity index (χ1v) is 13.3. The van der Waals surface area contributed by atoms with Crippen LogP contribution >= 0.6 is 0 Å². The lowest BCUT2D eigenvalue weighted by atomic mass is 9.76. The minimum absolute atomic E-state index is 0.0251. The van der Waals surface area contributed by atoms with Gasteiger partial charge in [-0.1, -0.05) is 13.3 Å². The molecule has 0 spiro atoms. The van der Waals surface area contributed by atoms with Crippen molar-refractivity contribution in [2.24, 2.45) is 16.2 Å². The number of likely N-dealkylation sites (tertiary alicyclic amines) is 1. The summed E-state index contributed by atoms with van der Waals surface area (Å²) in [5.41, 5.74) is 2.60. The number of pyridine rings is 1. The van der Waals surface area contributed by atoms with E-state index in [1.807, 2.05) is 30.9 Å². The molecule has 0 aromatic carbocycles. The minimum atomic E-state index is -2.60. The molecule has 2 saturated carbocycles. The van der Waals surface area contributed by atoms with Gasteiger partial charge in [-0.2, -0.15) is 4.36 Å². The fourth-order valence-corrected chi connectivity index (χ4v) is 6.33. The Balaban J connectivity index is 1.41. The fraction of sp³-hybridized carbons (Fsp3) is 0.696. The number of aryl methyl sites for hydroxylation is 1. The van der Waals surface area contributed by atoms with Gasteiger partial charge in [0.05, 0.1) is 21.0 Å². The molecule has 164 valence electrons. The van der Waals surface area contributed by atoms with Crippen molar-refractivity contribution < 1.29 is 13.8 Å². The van der Waals surface area contributed by atoms with E-state index >= 15 is 0 Å². The third-order valence-electron chi connectivity index (χ3n) is 7.12. The fourth-order valence-electron chi connectivity index (χ4n) is 4.57. The molecule has 30 heavy (non-hydrogen) atoms. The van der Waals surface area contributed by atoms with Gasteiger partial charge >= 0.3 is 0 Å². The maximum absolute atomic E-state index is 13.2. The second-order valence-corrected chi connectivity index (χ2v) is 12.0. The summed E-state index contributed by atoms with van der Waals surface area (Å²) in [7, 11) is -2.60. The van der Waals surface area contributed by atoms with Crippen molar-refractivity contribution in [1.82, 2.24) is 9.88 Å². The second kappa shape index (κ2) is 8.40. The lowest BCUT2D eigenvalue weighted by Gasteiger charge is -2.33. The number of carbonyl (C=O) groups excluding carboxylic acids is 2. The van der Waals surface area contributed by atoms with Crippen LogP contribution in [0.5, 0.6) is 0 Å². The highest BCUT2D eigenvalue weighted by Gasteiger charge is 2.34. The number of carbonyl (C=O) groups is 2. The molecule has 0 N–H and O–H groups in total. The summed E-state index contributed by atoms with van der Waals surface area (Å²) in [6.45, 7) is 4.97. The molecule has 2 atom stereocenters. The van der Waals surface area contributed by atoms with Gasteiger partial charge in [0.15, 0.2) is 0 Å². The van der Waals surface area contributed by atoms with E-state index in [0.717, 1.165) is 37.1 Å². The molecule has 2 heterocycles. The summed E-state index contributed by atoms with van der Waals surface area (Å²) in [4.78, 5) is 32.1. The molecule has 7 heteroatoms. The van der Waals surface area contributed by atoms with E-state index in [1.165, 1.54) is 6.42 Å². The van der Waals surface area contributed by atoms with Gasteiger partial charge in [0.1, 0.15) is 0 Å². The Morgan fingerprint density at radius 3 is 2.37 bits per heavy atom. The predicted octanol–water partition coefficient (Wildman–Crippen LogP) is 3.93. The van der Waals surface area contributed by atoms with Crippen LogP contribution in [-0.2, 0) is 14.5 Å². The average molecular weight is 432 g/mol. The number of amides is 2. The molecule has 1 saturated heterocycles. The zero-order valence-electron chi connectivity index (χ0n) is 18.3. The molecule has 1 aromatic rings. The Labute approximate surface area is 180 Å². The Bertz CT molecular complexity index is 950. The van der Waals surface area contributed by atoms with Crippen LogP contribution in [0.15, 0.2) is 16.5 Å². The smallest absolute Gasteiger partial charge is 0.256 e. The van der Waals surface area contributed by atoms with Gasteiger partial charge in [0, 0.05) is 42.1 Å². The molecule has 2 amide bonds. The van der Waals surface area contributed by atoms with Crippen molar-refractivity contribution in [2.75, 3.05) is 19.3 Å². The van der Waals surface area contributed by atoms with Gasteiger partial charge in [-0.15, -0.1) is 0 Å². The zero-order valence-corrected chi connectivity index (χ0v) is 19.1. The van der Waals surface area contributed by atoms with Crippen molar-refractivity contribution in [1.29, 1.82) is 0 Å². The van der Waals surface area contributed by atoms with Crippen molar-refractivity contribution in [2.45, 2.75) is 70.0 Å². The molecule has 2 aliphatic carbocycles. The largest absolute Gasteiger partial charge is 0.339 e. The van der Waals surface area contributed by atoms with E-state index in [2.05, 4.69) is 9.35 Å². The summed E-state index contributed by atoms with van der Waals surface area (Å²) >= 11 is 0. The van der Waals surface area contributed by atoms with Gasteiger partial charge < -0.3 is 4.90 Å². The van der Waals surface area contributed by atoms with Crippen LogP contribution in [0.1, 0.15) is 79.5 Å². The normalized spacial score (nSPS) is 23.4. The van der Waals surface area contributed by atoms with E-state index in [9.17, 15) is 13.8 Å². The van der Waals surface area contributed by atoms with Crippen molar-refractivity contribution >= 4 is 21.5 Å². The number of rotatable bonds is 5. The van der Waals surface area contributed by atoms with E-state index in [-0.39, 0.29) is 23.0 Å². The van der Waals surface area contributed by atoms with Gasteiger partial charge in [-0.05, 0) is 63.5 Å². The quantitative estimate of drug-likeness (QED) is 0.707. The maximum Gasteiger partial charge on any atom is 0.256 e. The SMILES string of the molecule is Cc1ccc(C(=O)N2CCC(S(C)(=O)=NC(=O)C(C)C3CCC3)CC2)c(C2CC2)n1. The Morgan fingerprint density at radius 1 is 1.13 bits per heavy atom. The molecule has 2 unspecified atom stereocenters. The first kappa shape index (κ1) is 21.5. The second-order valence-electron chi connectivity index (χ2n) is 9.42. The van der Waals surface area contributed by atoms with Crippen LogP contribution in [0.25, 0.3) is 0 Å². The summed E-state index contributed by atoms with van der Waals surface area (Å²) in [6.07, 6.45) is 8.39. The zero-order chi connectivity index (χ0) is 21.5. The molecule has 4 rings (SSSR count). The molecule has 3 aliphatic rings. The van der Waals surface area contributed by atoms with Gasteiger partial charge in [-0.25, -0.2) is 4.21 Å². The topological polar surface area (TPSA) is 79.7 Å². The lowest BCUT2D eigenvalue weighted by Crippen LogP contribution is -2.42. The Kier molecular flexibility index (Phi) is 6.02. The monoisotopic (exact) mass is 431 g/mol. The third kappa shape index (κ3) is 4.46. The van der Waals surface area contributed by atoms with Crippen molar-refractivity contribution in [3.05, 3.63) is 29.1 Å². The van der Waals surface area contributed by atoms with E-state index in [4.69, 9.17) is 0 Å². The standard InChI is InChI=1S/C23H33N3O3S/c1-15-7-10-20(21(24-15)18-8-9-18)23(28)26-13-11-19(12-14-26)30(3,29)25-22(27)16(2)17-5-4-6-17/h7,10,16-19H,4-6,8-9,11-14H2,1-3H3. The van der Waals surface area contributed by atoms with Gasteiger partial charge in [0.2, 0.25) is 0 Å². The first-order chi connectivity index (χ1) is 14.3.